The fourth-order valence-electron chi connectivity index (χ4n) is 1.90. The van der Waals surface area contributed by atoms with Gasteiger partial charge >= 0.3 is 6.03 Å². The zero-order valence-corrected chi connectivity index (χ0v) is 10.0. The summed E-state index contributed by atoms with van der Waals surface area (Å²) in [5.41, 5.74) is 0. The molecule has 1 rings (SSSR count). The number of methoxy groups -OCH3 is 1. The first-order chi connectivity index (χ1) is 7.19. The lowest BCUT2D eigenvalue weighted by Gasteiger charge is -2.26. The second-order valence-corrected chi connectivity index (χ2v) is 4.19. The lowest BCUT2D eigenvalue weighted by atomic mass is 10.2. The summed E-state index contributed by atoms with van der Waals surface area (Å²) < 4.78 is 5.00. The molecule has 0 radical (unpaired) electrons. The Morgan fingerprint density at radius 2 is 2.33 bits per heavy atom. The number of carbonyl (C=O) groups excluding carboxylic acids is 1. The van der Waals surface area contributed by atoms with Crippen LogP contribution in [0, 0.1) is 5.92 Å². The molecule has 88 valence electrons. The van der Waals surface area contributed by atoms with Crippen LogP contribution in [0.25, 0.3) is 0 Å². The maximum atomic E-state index is 12.0. The van der Waals surface area contributed by atoms with E-state index < -0.39 is 0 Å². The molecule has 0 aliphatic carbocycles. The van der Waals surface area contributed by atoms with Crippen molar-refractivity contribution in [3.05, 3.63) is 0 Å². The third-order valence-electron chi connectivity index (χ3n) is 2.91. The predicted molar refractivity (Wildman–Crippen MR) is 59.9 cm³/mol. The molecule has 4 heteroatoms. The Morgan fingerprint density at radius 3 is 2.80 bits per heavy atom. The SMILES string of the molecule is CCN(CCOC)C(=O)N1CCC(C)C1. The Balaban J connectivity index is 2.42. The van der Waals surface area contributed by atoms with Crippen LogP contribution >= 0.6 is 0 Å². The highest BCUT2D eigenvalue weighted by Gasteiger charge is 2.26. The molecule has 0 N–H and O–H groups in total. The van der Waals surface area contributed by atoms with Crippen molar-refractivity contribution < 1.29 is 9.53 Å². The summed E-state index contributed by atoms with van der Waals surface area (Å²) in [6.07, 6.45) is 1.13. The molecule has 0 bridgehead atoms. The van der Waals surface area contributed by atoms with Crippen molar-refractivity contribution in [2.45, 2.75) is 20.3 Å². The third kappa shape index (κ3) is 3.38. The Labute approximate surface area is 92.2 Å². The van der Waals surface area contributed by atoms with Gasteiger partial charge in [-0.15, -0.1) is 0 Å². The first-order valence-corrected chi connectivity index (χ1v) is 5.71. The van der Waals surface area contributed by atoms with Crippen molar-refractivity contribution in [1.82, 2.24) is 9.80 Å². The quantitative estimate of drug-likeness (QED) is 0.709. The summed E-state index contributed by atoms with van der Waals surface area (Å²) >= 11 is 0. The Hall–Kier alpha value is -0.770. The van der Waals surface area contributed by atoms with Gasteiger partial charge in [0.1, 0.15) is 0 Å². The zero-order chi connectivity index (χ0) is 11.3. The van der Waals surface area contributed by atoms with E-state index in [4.69, 9.17) is 4.74 Å². The number of hydrogen-bond donors (Lipinski definition) is 0. The molecule has 1 atom stereocenters. The standard InChI is InChI=1S/C11H22N2O2/c1-4-12(7-8-15-3)11(14)13-6-5-10(2)9-13/h10H,4-9H2,1-3H3. The van der Waals surface area contributed by atoms with Crippen LogP contribution in [0.2, 0.25) is 0 Å². The van der Waals surface area contributed by atoms with Crippen LogP contribution in [0.4, 0.5) is 4.79 Å². The van der Waals surface area contributed by atoms with E-state index in [-0.39, 0.29) is 6.03 Å². The lowest BCUT2D eigenvalue weighted by Crippen LogP contribution is -2.43. The second-order valence-electron chi connectivity index (χ2n) is 4.19. The van der Waals surface area contributed by atoms with Gasteiger partial charge in [0, 0.05) is 33.3 Å². The number of rotatable bonds is 4. The number of hydrogen-bond acceptors (Lipinski definition) is 2. The first kappa shape index (κ1) is 12.3. The zero-order valence-electron chi connectivity index (χ0n) is 10.0. The fourth-order valence-corrected chi connectivity index (χ4v) is 1.90. The third-order valence-corrected chi connectivity index (χ3v) is 2.91. The van der Waals surface area contributed by atoms with Crippen LogP contribution in [0.15, 0.2) is 0 Å². The number of ether oxygens (including phenoxy) is 1. The van der Waals surface area contributed by atoms with Gasteiger partial charge in [-0.05, 0) is 19.3 Å². The second kappa shape index (κ2) is 5.95. The molecule has 4 nitrogen and oxygen atoms in total. The maximum absolute atomic E-state index is 12.0. The normalized spacial score (nSPS) is 20.7. The summed E-state index contributed by atoms with van der Waals surface area (Å²) in [5, 5.41) is 0. The van der Waals surface area contributed by atoms with Gasteiger partial charge in [-0.1, -0.05) is 6.92 Å². The van der Waals surface area contributed by atoms with E-state index in [1.165, 1.54) is 0 Å². The highest BCUT2D eigenvalue weighted by molar-refractivity contribution is 5.74. The number of carbonyl (C=O) groups is 1. The molecular weight excluding hydrogens is 192 g/mol. The number of nitrogens with zero attached hydrogens (tertiary/aromatic N) is 2. The van der Waals surface area contributed by atoms with Crippen molar-refractivity contribution in [1.29, 1.82) is 0 Å². The van der Waals surface area contributed by atoms with Crippen LogP contribution in [0.1, 0.15) is 20.3 Å². The molecule has 0 spiro atoms. The average Bonchev–Trinajstić information content (AvgIpc) is 2.65. The fraction of sp³-hybridized carbons (Fsp3) is 0.909. The van der Waals surface area contributed by atoms with Crippen molar-refractivity contribution in [2.24, 2.45) is 5.92 Å². The van der Waals surface area contributed by atoms with E-state index in [1.54, 1.807) is 7.11 Å². The molecule has 15 heavy (non-hydrogen) atoms. The molecular formula is C11H22N2O2. The summed E-state index contributed by atoms with van der Waals surface area (Å²) in [7, 11) is 1.66. The monoisotopic (exact) mass is 214 g/mol. The Kier molecular flexibility index (Phi) is 4.88. The number of urea groups is 1. The summed E-state index contributed by atoms with van der Waals surface area (Å²) in [6.45, 7) is 8.07. The smallest absolute Gasteiger partial charge is 0.320 e. The molecule has 1 fully saturated rings. The van der Waals surface area contributed by atoms with Crippen LogP contribution in [-0.4, -0.2) is 55.7 Å². The van der Waals surface area contributed by atoms with Crippen molar-refractivity contribution in [2.75, 3.05) is 39.9 Å². The minimum absolute atomic E-state index is 0.166. The molecule has 0 aromatic heterocycles. The minimum atomic E-state index is 0.166. The van der Waals surface area contributed by atoms with Gasteiger partial charge in [-0.25, -0.2) is 4.79 Å². The molecule has 1 aliphatic heterocycles. The van der Waals surface area contributed by atoms with Gasteiger partial charge in [0.2, 0.25) is 0 Å². The highest BCUT2D eigenvalue weighted by atomic mass is 16.5. The van der Waals surface area contributed by atoms with Gasteiger partial charge in [-0.3, -0.25) is 0 Å². The molecule has 1 unspecified atom stereocenters. The van der Waals surface area contributed by atoms with Crippen LogP contribution in [0.3, 0.4) is 0 Å². The molecule has 0 aromatic carbocycles. The molecule has 0 saturated carbocycles. The molecule has 2 amide bonds. The minimum Gasteiger partial charge on any atom is -0.383 e. The first-order valence-electron chi connectivity index (χ1n) is 5.71. The number of likely N-dealkylation sites (N-methyl/N-ethyl adjacent to an activating group) is 1. The topological polar surface area (TPSA) is 32.8 Å². The van der Waals surface area contributed by atoms with Gasteiger partial charge in [-0.2, -0.15) is 0 Å². The summed E-state index contributed by atoms with van der Waals surface area (Å²) in [6, 6.07) is 0.166. The van der Waals surface area contributed by atoms with E-state index >= 15 is 0 Å². The van der Waals surface area contributed by atoms with Crippen molar-refractivity contribution in [3.8, 4) is 0 Å². The van der Waals surface area contributed by atoms with Gasteiger partial charge in [0.15, 0.2) is 0 Å². The molecule has 1 aliphatic rings. The number of likely N-dealkylation sites (tertiary alicyclic amines) is 1. The van der Waals surface area contributed by atoms with Crippen LogP contribution < -0.4 is 0 Å². The van der Waals surface area contributed by atoms with E-state index in [0.717, 1.165) is 26.1 Å². The molecule has 1 saturated heterocycles. The van der Waals surface area contributed by atoms with Crippen molar-refractivity contribution >= 4 is 6.03 Å². The summed E-state index contributed by atoms with van der Waals surface area (Å²) in [4.78, 5) is 15.8. The highest BCUT2D eigenvalue weighted by Crippen LogP contribution is 2.16. The van der Waals surface area contributed by atoms with Gasteiger partial charge in [0.05, 0.1) is 6.61 Å². The Bertz CT molecular complexity index is 209. The molecule has 1 heterocycles. The Morgan fingerprint density at radius 1 is 1.60 bits per heavy atom. The van der Waals surface area contributed by atoms with E-state index in [0.29, 0.717) is 19.1 Å². The van der Waals surface area contributed by atoms with Crippen molar-refractivity contribution in [3.63, 3.8) is 0 Å². The predicted octanol–water partition coefficient (Wildman–Crippen LogP) is 1.42. The van der Waals surface area contributed by atoms with Gasteiger partial charge in [0.25, 0.3) is 0 Å². The summed E-state index contributed by atoms with van der Waals surface area (Å²) in [5.74, 6) is 0.648. The lowest BCUT2D eigenvalue weighted by molar-refractivity contribution is 0.132. The van der Waals surface area contributed by atoms with Crippen LogP contribution in [-0.2, 0) is 4.74 Å². The van der Waals surface area contributed by atoms with Gasteiger partial charge < -0.3 is 14.5 Å². The number of amides is 2. The largest absolute Gasteiger partial charge is 0.383 e. The van der Waals surface area contributed by atoms with E-state index in [1.807, 2.05) is 16.7 Å². The van der Waals surface area contributed by atoms with E-state index in [2.05, 4.69) is 6.92 Å². The average molecular weight is 214 g/mol. The van der Waals surface area contributed by atoms with Crippen LogP contribution in [0.5, 0.6) is 0 Å². The maximum Gasteiger partial charge on any atom is 0.320 e. The molecule has 0 aromatic rings. The van der Waals surface area contributed by atoms with E-state index in [9.17, 15) is 4.79 Å².